The standard InChI is InChI=1S/C14H21N5O/c20-14(12-5-11-13(6-15-12)17-8-16-11)18-9-3-4-19(7-9)10-1-2-10/h8-10,12,15H,1-7H2,(H,16,17)(H,18,20). The van der Waals surface area contributed by atoms with Crippen LogP contribution < -0.4 is 10.6 Å². The van der Waals surface area contributed by atoms with E-state index >= 15 is 0 Å². The van der Waals surface area contributed by atoms with Crippen molar-refractivity contribution in [1.29, 1.82) is 0 Å². The van der Waals surface area contributed by atoms with Crippen LogP contribution in [0.25, 0.3) is 0 Å². The van der Waals surface area contributed by atoms with Gasteiger partial charge in [-0.1, -0.05) is 0 Å². The predicted octanol–water partition coefficient (Wildman–Crippen LogP) is -0.223. The molecular weight excluding hydrogens is 254 g/mol. The van der Waals surface area contributed by atoms with Gasteiger partial charge in [-0.2, -0.15) is 0 Å². The maximum Gasteiger partial charge on any atom is 0.237 e. The van der Waals surface area contributed by atoms with Crippen molar-refractivity contribution in [2.75, 3.05) is 13.1 Å². The molecule has 2 fully saturated rings. The lowest BCUT2D eigenvalue weighted by atomic mass is 10.0. The molecule has 6 heteroatoms. The maximum absolute atomic E-state index is 12.3. The highest BCUT2D eigenvalue weighted by Crippen LogP contribution is 2.29. The third kappa shape index (κ3) is 2.33. The van der Waals surface area contributed by atoms with E-state index in [0.29, 0.717) is 19.0 Å². The van der Waals surface area contributed by atoms with E-state index in [9.17, 15) is 4.79 Å². The number of nitrogens with one attached hydrogen (secondary N) is 3. The van der Waals surface area contributed by atoms with Gasteiger partial charge in [-0.05, 0) is 19.3 Å². The molecule has 1 amide bonds. The Hall–Kier alpha value is -1.40. The number of imidazole rings is 1. The fourth-order valence-corrected chi connectivity index (χ4v) is 3.33. The second-order valence-electron chi connectivity index (χ2n) is 6.19. The van der Waals surface area contributed by atoms with Gasteiger partial charge in [0, 0.05) is 38.1 Å². The zero-order chi connectivity index (χ0) is 13.5. The number of nitrogens with zero attached hydrogens (tertiary/aromatic N) is 2. The minimum Gasteiger partial charge on any atom is -0.351 e. The number of aromatic nitrogens is 2. The van der Waals surface area contributed by atoms with E-state index in [1.54, 1.807) is 6.33 Å². The molecule has 4 rings (SSSR count). The average Bonchev–Trinajstić information content (AvgIpc) is 3.02. The number of likely N-dealkylation sites (tertiary alicyclic amines) is 1. The van der Waals surface area contributed by atoms with Crippen molar-refractivity contribution in [3.8, 4) is 0 Å². The maximum atomic E-state index is 12.3. The Morgan fingerprint density at radius 2 is 2.30 bits per heavy atom. The molecule has 3 N–H and O–H groups in total. The van der Waals surface area contributed by atoms with Crippen LogP contribution in [0.2, 0.25) is 0 Å². The van der Waals surface area contributed by atoms with E-state index in [1.807, 2.05) is 0 Å². The molecule has 0 aromatic carbocycles. The van der Waals surface area contributed by atoms with Crippen molar-refractivity contribution in [1.82, 2.24) is 25.5 Å². The molecule has 1 aliphatic carbocycles. The number of hydrogen-bond acceptors (Lipinski definition) is 4. The fourth-order valence-electron chi connectivity index (χ4n) is 3.33. The number of fused-ring (bicyclic) bond motifs is 1. The zero-order valence-electron chi connectivity index (χ0n) is 11.6. The van der Waals surface area contributed by atoms with Gasteiger partial charge in [-0.25, -0.2) is 4.98 Å². The smallest absolute Gasteiger partial charge is 0.237 e. The molecule has 20 heavy (non-hydrogen) atoms. The van der Waals surface area contributed by atoms with Crippen LogP contribution in [-0.2, 0) is 17.8 Å². The van der Waals surface area contributed by atoms with Gasteiger partial charge >= 0.3 is 0 Å². The lowest BCUT2D eigenvalue weighted by Gasteiger charge is -2.24. The Morgan fingerprint density at radius 3 is 3.15 bits per heavy atom. The first-order valence-corrected chi connectivity index (χ1v) is 7.58. The molecule has 1 aromatic heterocycles. The van der Waals surface area contributed by atoms with Crippen molar-refractivity contribution in [2.45, 2.75) is 50.4 Å². The minimum atomic E-state index is -0.138. The number of amides is 1. The zero-order valence-corrected chi connectivity index (χ0v) is 11.6. The Kier molecular flexibility index (Phi) is 3.00. The highest BCUT2D eigenvalue weighted by molar-refractivity contribution is 5.82. The summed E-state index contributed by atoms with van der Waals surface area (Å²) in [5.41, 5.74) is 2.13. The van der Waals surface area contributed by atoms with Gasteiger partial charge in [0.25, 0.3) is 0 Å². The lowest BCUT2D eigenvalue weighted by Crippen LogP contribution is -2.51. The molecule has 0 bridgehead atoms. The van der Waals surface area contributed by atoms with E-state index < -0.39 is 0 Å². The Bertz CT molecular complexity index is 509. The normalized spacial score (nSPS) is 30.2. The van der Waals surface area contributed by atoms with Crippen LogP contribution in [0.1, 0.15) is 30.7 Å². The SMILES string of the molecule is O=C(NC1CCN(C2CC2)C1)C1Cc2nc[nH]c2CN1. The summed E-state index contributed by atoms with van der Waals surface area (Å²) in [6.45, 7) is 2.86. The molecule has 3 heterocycles. The highest BCUT2D eigenvalue weighted by atomic mass is 16.2. The molecule has 1 aromatic rings. The lowest BCUT2D eigenvalue weighted by molar-refractivity contribution is -0.124. The molecule has 6 nitrogen and oxygen atoms in total. The van der Waals surface area contributed by atoms with Gasteiger partial charge in [0.1, 0.15) is 0 Å². The molecule has 1 saturated carbocycles. The monoisotopic (exact) mass is 275 g/mol. The van der Waals surface area contributed by atoms with Crippen molar-refractivity contribution in [2.24, 2.45) is 0 Å². The van der Waals surface area contributed by atoms with Crippen LogP contribution >= 0.6 is 0 Å². The van der Waals surface area contributed by atoms with Crippen LogP contribution in [-0.4, -0.2) is 52.0 Å². The van der Waals surface area contributed by atoms with E-state index in [4.69, 9.17) is 0 Å². The summed E-state index contributed by atoms with van der Waals surface area (Å²) < 4.78 is 0. The first-order chi connectivity index (χ1) is 9.79. The molecule has 3 aliphatic rings. The van der Waals surface area contributed by atoms with Crippen molar-refractivity contribution < 1.29 is 4.79 Å². The van der Waals surface area contributed by atoms with Crippen LogP contribution in [0, 0.1) is 0 Å². The second-order valence-corrected chi connectivity index (χ2v) is 6.19. The van der Waals surface area contributed by atoms with Gasteiger partial charge < -0.3 is 10.3 Å². The third-order valence-electron chi connectivity index (χ3n) is 4.68. The Morgan fingerprint density at radius 1 is 1.40 bits per heavy atom. The van der Waals surface area contributed by atoms with Gasteiger partial charge in [0.05, 0.1) is 23.8 Å². The topological polar surface area (TPSA) is 73.0 Å². The van der Waals surface area contributed by atoms with E-state index in [-0.39, 0.29) is 11.9 Å². The predicted molar refractivity (Wildman–Crippen MR) is 74.1 cm³/mol. The molecular formula is C14H21N5O. The quantitative estimate of drug-likeness (QED) is 0.713. The number of rotatable bonds is 3. The molecule has 2 aliphatic heterocycles. The summed E-state index contributed by atoms with van der Waals surface area (Å²) in [5.74, 6) is 0.126. The Labute approximate surface area is 118 Å². The van der Waals surface area contributed by atoms with Gasteiger partial charge in [0.15, 0.2) is 0 Å². The first-order valence-electron chi connectivity index (χ1n) is 7.58. The number of hydrogen-bond donors (Lipinski definition) is 3. The van der Waals surface area contributed by atoms with E-state index in [1.165, 1.54) is 12.8 Å². The van der Waals surface area contributed by atoms with Gasteiger partial charge in [-0.15, -0.1) is 0 Å². The number of carbonyl (C=O) groups excluding carboxylic acids is 1. The van der Waals surface area contributed by atoms with E-state index in [2.05, 4.69) is 25.5 Å². The molecule has 0 radical (unpaired) electrons. The molecule has 2 unspecified atom stereocenters. The van der Waals surface area contributed by atoms with Crippen molar-refractivity contribution >= 4 is 5.91 Å². The highest BCUT2D eigenvalue weighted by Gasteiger charge is 2.35. The van der Waals surface area contributed by atoms with Crippen LogP contribution in [0.5, 0.6) is 0 Å². The Balaban J connectivity index is 1.32. The van der Waals surface area contributed by atoms with Crippen LogP contribution in [0.15, 0.2) is 6.33 Å². The van der Waals surface area contributed by atoms with Gasteiger partial charge in [0.2, 0.25) is 5.91 Å². The molecule has 1 saturated heterocycles. The summed E-state index contributed by atoms with van der Waals surface area (Å²) >= 11 is 0. The summed E-state index contributed by atoms with van der Waals surface area (Å²) in [6.07, 6.45) is 6.16. The number of H-pyrrole nitrogens is 1. The number of aromatic amines is 1. The summed E-state index contributed by atoms with van der Waals surface area (Å²) in [6, 6.07) is 0.988. The van der Waals surface area contributed by atoms with E-state index in [0.717, 1.165) is 36.9 Å². The van der Waals surface area contributed by atoms with Gasteiger partial charge in [-0.3, -0.25) is 15.0 Å². The molecule has 0 spiro atoms. The first kappa shape index (κ1) is 12.3. The summed E-state index contributed by atoms with van der Waals surface area (Å²) in [7, 11) is 0. The number of carbonyl (C=O) groups is 1. The van der Waals surface area contributed by atoms with Crippen LogP contribution in [0.3, 0.4) is 0 Å². The minimum absolute atomic E-state index is 0.126. The molecule has 2 atom stereocenters. The van der Waals surface area contributed by atoms with Crippen molar-refractivity contribution in [3.05, 3.63) is 17.7 Å². The second kappa shape index (κ2) is 4.86. The summed E-state index contributed by atoms with van der Waals surface area (Å²) in [4.78, 5) is 22.3. The fraction of sp³-hybridized carbons (Fsp3) is 0.714. The van der Waals surface area contributed by atoms with Crippen LogP contribution in [0.4, 0.5) is 0 Å². The largest absolute Gasteiger partial charge is 0.351 e. The van der Waals surface area contributed by atoms with Crippen molar-refractivity contribution in [3.63, 3.8) is 0 Å². The summed E-state index contributed by atoms with van der Waals surface area (Å²) in [5, 5.41) is 6.49. The third-order valence-corrected chi connectivity index (χ3v) is 4.68. The average molecular weight is 275 g/mol. The molecule has 108 valence electrons.